The number of halogens is 2. The molecule has 0 bridgehead atoms. The van der Waals surface area contributed by atoms with E-state index in [9.17, 15) is 8.42 Å². The number of hydrogen-bond acceptors (Lipinski definition) is 4. The third-order valence-electron chi connectivity index (χ3n) is 3.09. The van der Waals surface area contributed by atoms with E-state index in [1.807, 2.05) is 6.92 Å². The lowest BCUT2D eigenvalue weighted by Crippen LogP contribution is -2.51. The highest BCUT2D eigenvalue weighted by Crippen LogP contribution is 2.28. The Morgan fingerprint density at radius 2 is 2.15 bits per heavy atom. The summed E-state index contributed by atoms with van der Waals surface area (Å²) in [6.07, 6.45) is 0. The predicted molar refractivity (Wildman–Crippen MR) is 81.5 cm³/mol. The van der Waals surface area contributed by atoms with Gasteiger partial charge < -0.3 is 10.1 Å². The highest BCUT2D eigenvalue weighted by atomic mass is 35.5. The Kier molecular flexibility index (Phi) is 6.09. The predicted octanol–water partition coefficient (Wildman–Crippen LogP) is 1.75. The van der Waals surface area contributed by atoms with Crippen LogP contribution in [0.2, 0.25) is 5.02 Å². The molecule has 8 heteroatoms. The second kappa shape index (κ2) is 6.95. The van der Waals surface area contributed by atoms with Crippen LogP contribution in [0.5, 0.6) is 5.75 Å². The van der Waals surface area contributed by atoms with Crippen LogP contribution < -0.4 is 10.1 Å². The second-order valence-electron chi connectivity index (χ2n) is 4.51. The van der Waals surface area contributed by atoms with E-state index in [-0.39, 0.29) is 23.3 Å². The van der Waals surface area contributed by atoms with Crippen molar-refractivity contribution in [1.29, 1.82) is 0 Å². The molecule has 0 spiro atoms. The van der Waals surface area contributed by atoms with Gasteiger partial charge in [-0.25, -0.2) is 8.42 Å². The van der Waals surface area contributed by atoms with Crippen LogP contribution in [0.15, 0.2) is 23.1 Å². The van der Waals surface area contributed by atoms with Crippen LogP contribution >= 0.6 is 24.0 Å². The first kappa shape index (κ1) is 17.5. The average Bonchev–Trinajstić information content (AvgIpc) is 2.38. The summed E-state index contributed by atoms with van der Waals surface area (Å²) >= 11 is 5.98. The standard InChI is InChI=1S/C12H17ClN2O3S.ClH/c1-9-8-15(6-5-14-9)19(16,17)10-3-4-12(18-2)11(13)7-10;/h3-4,7,9,14H,5-6,8H2,1-2H3;1H/t9-;/m1./s1. The van der Waals surface area contributed by atoms with Gasteiger partial charge in [-0.05, 0) is 25.1 Å². The molecule has 1 saturated heterocycles. The lowest BCUT2D eigenvalue weighted by atomic mass is 10.3. The molecule has 1 heterocycles. The molecule has 0 radical (unpaired) electrons. The smallest absolute Gasteiger partial charge is 0.243 e. The summed E-state index contributed by atoms with van der Waals surface area (Å²) < 4.78 is 31.5. The van der Waals surface area contributed by atoms with E-state index in [0.717, 1.165) is 0 Å². The topological polar surface area (TPSA) is 58.6 Å². The molecule has 1 aromatic carbocycles. The Morgan fingerprint density at radius 1 is 1.45 bits per heavy atom. The van der Waals surface area contributed by atoms with Crippen LogP contribution in [0.3, 0.4) is 0 Å². The van der Waals surface area contributed by atoms with Crippen LogP contribution in [-0.4, -0.2) is 45.5 Å². The maximum Gasteiger partial charge on any atom is 0.243 e. The van der Waals surface area contributed by atoms with Crippen molar-refractivity contribution < 1.29 is 13.2 Å². The van der Waals surface area contributed by atoms with Crippen LogP contribution in [-0.2, 0) is 10.0 Å². The van der Waals surface area contributed by atoms with Crippen molar-refractivity contribution in [2.24, 2.45) is 0 Å². The molecule has 0 saturated carbocycles. The SMILES string of the molecule is COc1ccc(S(=O)(=O)N2CCN[C@H](C)C2)cc1Cl.Cl. The monoisotopic (exact) mass is 340 g/mol. The number of benzene rings is 1. The molecule has 1 aliphatic rings. The maximum absolute atomic E-state index is 12.5. The number of nitrogens with one attached hydrogen (secondary N) is 1. The highest BCUT2D eigenvalue weighted by Gasteiger charge is 2.28. The van der Waals surface area contributed by atoms with Gasteiger partial charge in [-0.3, -0.25) is 0 Å². The first-order valence-corrected chi connectivity index (χ1v) is 7.84. The largest absolute Gasteiger partial charge is 0.495 e. The molecule has 114 valence electrons. The molecule has 1 fully saturated rings. The fourth-order valence-electron chi connectivity index (χ4n) is 2.07. The Labute approximate surface area is 130 Å². The quantitative estimate of drug-likeness (QED) is 0.910. The zero-order valence-corrected chi connectivity index (χ0v) is 13.7. The highest BCUT2D eigenvalue weighted by molar-refractivity contribution is 7.89. The number of methoxy groups -OCH3 is 1. The van der Waals surface area contributed by atoms with Gasteiger partial charge in [0.1, 0.15) is 5.75 Å². The van der Waals surface area contributed by atoms with Crippen LogP contribution in [0, 0.1) is 0 Å². The molecule has 2 rings (SSSR count). The van der Waals surface area contributed by atoms with Crippen molar-refractivity contribution in [3.05, 3.63) is 23.2 Å². The number of hydrogen-bond donors (Lipinski definition) is 1. The molecule has 0 amide bonds. The van der Waals surface area contributed by atoms with Crippen molar-refractivity contribution in [2.75, 3.05) is 26.7 Å². The molecular formula is C12H18Cl2N2O3S. The Morgan fingerprint density at radius 3 is 2.70 bits per heavy atom. The minimum absolute atomic E-state index is 0. The third-order valence-corrected chi connectivity index (χ3v) is 5.25. The van der Waals surface area contributed by atoms with Crippen LogP contribution in [0.4, 0.5) is 0 Å². The minimum atomic E-state index is -3.49. The number of nitrogens with zero attached hydrogens (tertiary/aromatic N) is 1. The molecular weight excluding hydrogens is 323 g/mol. The number of rotatable bonds is 3. The third kappa shape index (κ3) is 3.56. The molecule has 0 aromatic heterocycles. The summed E-state index contributed by atoms with van der Waals surface area (Å²) in [7, 11) is -2.00. The number of piperazine rings is 1. The lowest BCUT2D eigenvalue weighted by molar-refractivity contribution is 0.310. The van der Waals surface area contributed by atoms with Gasteiger partial charge in [0.25, 0.3) is 0 Å². The first-order chi connectivity index (χ1) is 8.95. The van der Waals surface area contributed by atoms with Crippen molar-refractivity contribution in [3.8, 4) is 5.75 Å². The van der Waals surface area contributed by atoms with E-state index in [0.29, 0.717) is 30.4 Å². The fourth-order valence-corrected chi connectivity index (χ4v) is 3.95. The van der Waals surface area contributed by atoms with Crippen molar-refractivity contribution in [3.63, 3.8) is 0 Å². The molecule has 1 aromatic rings. The first-order valence-electron chi connectivity index (χ1n) is 6.02. The minimum Gasteiger partial charge on any atom is -0.495 e. The number of sulfonamides is 1. The molecule has 1 atom stereocenters. The van der Waals surface area contributed by atoms with Crippen LogP contribution in [0.1, 0.15) is 6.92 Å². The van der Waals surface area contributed by atoms with Crippen molar-refractivity contribution in [1.82, 2.24) is 9.62 Å². The van der Waals surface area contributed by atoms with E-state index in [2.05, 4.69) is 5.32 Å². The second-order valence-corrected chi connectivity index (χ2v) is 6.86. The van der Waals surface area contributed by atoms with Crippen molar-refractivity contribution in [2.45, 2.75) is 17.9 Å². The summed E-state index contributed by atoms with van der Waals surface area (Å²) in [5.41, 5.74) is 0. The molecule has 1 N–H and O–H groups in total. The molecule has 20 heavy (non-hydrogen) atoms. The molecule has 0 aliphatic carbocycles. The van der Waals surface area contributed by atoms with Gasteiger partial charge in [0, 0.05) is 25.7 Å². The Bertz CT molecular complexity index is 566. The zero-order valence-electron chi connectivity index (χ0n) is 11.3. The molecule has 0 unspecified atom stereocenters. The van der Waals surface area contributed by atoms with Gasteiger partial charge in [0.05, 0.1) is 17.0 Å². The zero-order chi connectivity index (χ0) is 14.0. The Hall–Kier alpha value is -0.530. The summed E-state index contributed by atoms with van der Waals surface area (Å²) in [6, 6.07) is 4.67. The summed E-state index contributed by atoms with van der Waals surface area (Å²) in [5.74, 6) is 0.467. The van der Waals surface area contributed by atoms with E-state index >= 15 is 0 Å². The van der Waals surface area contributed by atoms with Crippen molar-refractivity contribution >= 4 is 34.0 Å². The van der Waals surface area contributed by atoms with Gasteiger partial charge >= 0.3 is 0 Å². The van der Waals surface area contributed by atoms with E-state index in [1.165, 1.54) is 23.5 Å². The maximum atomic E-state index is 12.5. The van der Waals surface area contributed by atoms with E-state index in [4.69, 9.17) is 16.3 Å². The average molecular weight is 341 g/mol. The van der Waals surface area contributed by atoms with Gasteiger partial charge in [-0.15, -0.1) is 12.4 Å². The summed E-state index contributed by atoms with van der Waals surface area (Å²) in [4.78, 5) is 0.201. The Balaban J connectivity index is 0.00000200. The summed E-state index contributed by atoms with van der Waals surface area (Å²) in [6.45, 7) is 3.55. The van der Waals surface area contributed by atoms with Gasteiger partial charge in [0.15, 0.2) is 0 Å². The van der Waals surface area contributed by atoms with Gasteiger partial charge in [0.2, 0.25) is 10.0 Å². The van der Waals surface area contributed by atoms with Gasteiger partial charge in [-0.2, -0.15) is 4.31 Å². The normalized spacial score (nSPS) is 20.2. The molecule has 5 nitrogen and oxygen atoms in total. The molecule has 1 aliphatic heterocycles. The van der Waals surface area contributed by atoms with Crippen LogP contribution in [0.25, 0.3) is 0 Å². The lowest BCUT2D eigenvalue weighted by Gasteiger charge is -2.31. The van der Waals surface area contributed by atoms with E-state index in [1.54, 1.807) is 6.07 Å². The fraction of sp³-hybridized carbons (Fsp3) is 0.500. The van der Waals surface area contributed by atoms with E-state index < -0.39 is 10.0 Å². The summed E-state index contributed by atoms with van der Waals surface area (Å²) in [5, 5.41) is 3.51. The van der Waals surface area contributed by atoms with Gasteiger partial charge in [-0.1, -0.05) is 11.6 Å². The number of ether oxygens (including phenoxy) is 1.